The number of rotatable bonds is 3. The molecule has 1 atom stereocenters. The van der Waals surface area contributed by atoms with E-state index in [0.717, 1.165) is 6.92 Å². The number of carboxylic acid groups (broad SMARTS) is 1. The summed E-state index contributed by atoms with van der Waals surface area (Å²) in [5.41, 5.74) is 0. The van der Waals surface area contributed by atoms with Crippen LogP contribution in [0.15, 0.2) is 0 Å². The number of ether oxygens (including phenoxy) is 1. The number of halogens is 3. The fourth-order valence-corrected chi connectivity index (χ4v) is 0.291. The Morgan fingerprint density at radius 3 is 2.36 bits per heavy atom. The summed E-state index contributed by atoms with van der Waals surface area (Å²) >= 11 is 0. The topological polar surface area (TPSA) is 46.5 Å². The number of carbonyl (C=O) groups is 1. The van der Waals surface area contributed by atoms with Crippen LogP contribution < -0.4 is 0 Å². The first-order chi connectivity index (χ1) is 4.83. The predicted octanol–water partition coefficient (Wildman–Crippen LogP) is 1.24. The summed E-state index contributed by atoms with van der Waals surface area (Å²) in [5.74, 6) is -2.45. The van der Waals surface area contributed by atoms with Crippen LogP contribution in [0.25, 0.3) is 0 Å². The van der Waals surface area contributed by atoms with Gasteiger partial charge in [0.25, 0.3) is 0 Å². The molecule has 6 heteroatoms. The van der Waals surface area contributed by atoms with Crippen LogP contribution in [-0.4, -0.2) is 24.0 Å². The molecule has 0 aromatic rings. The largest absolute Gasteiger partial charge is 0.522 e. The smallest absolute Gasteiger partial charge is 0.481 e. The first-order valence-electron chi connectivity index (χ1n) is 2.76. The van der Waals surface area contributed by atoms with Gasteiger partial charge in [0.15, 0.2) is 0 Å². The molecule has 3 nitrogen and oxygen atoms in total. The van der Waals surface area contributed by atoms with Gasteiger partial charge in [0, 0.05) is 0 Å². The van der Waals surface area contributed by atoms with Gasteiger partial charge in [0.1, 0.15) is 0 Å². The molecule has 0 fully saturated rings. The molecule has 0 aliphatic heterocycles. The van der Waals surface area contributed by atoms with Gasteiger partial charge in [-0.25, -0.2) is 0 Å². The first kappa shape index (κ1) is 10.2. The van der Waals surface area contributed by atoms with E-state index in [4.69, 9.17) is 5.11 Å². The second-order valence-electron chi connectivity index (χ2n) is 2.00. The maximum absolute atomic E-state index is 11.3. The van der Waals surface area contributed by atoms with Crippen molar-refractivity contribution in [2.75, 3.05) is 6.61 Å². The molecule has 0 aromatic carbocycles. The van der Waals surface area contributed by atoms with Crippen LogP contribution >= 0.6 is 0 Å². The molecule has 0 amide bonds. The summed E-state index contributed by atoms with van der Waals surface area (Å²) in [4.78, 5) is 9.97. The van der Waals surface area contributed by atoms with E-state index in [1.165, 1.54) is 0 Å². The number of hydrogen-bond donors (Lipinski definition) is 1. The highest BCUT2D eigenvalue weighted by Crippen LogP contribution is 2.17. The second-order valence-corrected chi connectivity index (χ2v) is 2.00. The van der Waals surface area contributed by atoms with Crippen LogP contribution in [0.4, 0.5) is 13.2 Å². The van der Waals surface area contributed by atoms with E-state index < -0.39 is 24.9 Å². The van der Waals surface area contributed by atoms with Crippen LogP contribution in [0.2, 0.25) is 0 Å². The summed E-state index contributed by atoms with van der Waals surface area (Å²) in [7, 11) is 0. The molecule has 0 spiro atoms. The van der Waals surface area contributed by atoms with E-state index in [9.17, 15) is 18.0 Å². The van der Waals surface area contributed by atoms with Crippen molar-refractivity contribution in [2.24, 2.45) is 5.92 Å². The number of alkyl halides is 3. The minimum absolute atomic E-state index is 0.848. The lowest BCUT2D eigenvalue weighted by molar-refractivity contribution is -0.327. The van der Waals surface area contributed by atoms with Gasteiger partial charge in [-0.2, -0.15) is 0 Å². The van der Waals surface area contributed by atoms with E-state index in [1.807, 2.05) is 0 Å². The van der Waals surface area contributed by atoms with Crippen LogP contribution in [0, 0.1) is 5.92 Å². The fraction of sp³-hybridized carbons (Fsp3) is 0.800. The van der Waals surface area contributed by atoms with E-state index >= 15 is 0 Å². The van der Waals surface area contributed by atoms with Gasteiger partial charge in [-0.15, -0.1) is 13.2 Å². The molecule has 1 unspecified atom stereocenters. The summed E-state index contributed by atoms with van der Waals surface area (Å²) in [5, 5.41) is 8.13. The fourth-order valence-electron chi connectivity index (χ4n) is 0.291. The molecule has 0 heterocycles. The lowest BCUT2D eigenvalue weighted by atomic mass is 10.2. The highest BCUT2D eigenvalue weighted by atomic mass is 19.4. The maximum Gasteiger partial charge on any atom is 0.522 e. The van der Waals surface area contributed by atoms with Gasteiger partial charge in [0.2, 0.25) is 0 Å². The molecule has 1 N–H and O–H groups in total. The summed E-state index contributed by atoms with van der Waals surface area (Å²) < 4.78 is 37.1. The van der Waals surface area contributed by atoms with Crippen molar-refractivity contribution >= 4 is 5.97 Å². The SMILES string of the molecule is CC(COC(F)(F)F)C(=O)O. The van der Waals surface area contributed by atoms with Gasteiger partial charge in [0.05, 0.1) is 12.5 Å². The van der Waals surface area contributed by atoms with Crippen LogP contribution in [0.1, 0.15) is 6.92 Å². The van der Waals surface area contributed by atoms with Crippen molar-refractivity contribution in [1.82, 2.24) is 0 Å². The second kappa shape index (κ2) is 3.56. The Bertz CT molecular complexity index is 142. The maximum atomic E-state index is 11.3. The number of aliphatic carboxylic acids is 1. The van der Waals surface area contributed by atoms with Crippen LogP contribution in [-0.2, 0) is 9.53 Å². The quantitative estimate of drug-likeness (QED) is 0.696. The Hall–Kier alpha value is -0.780. The van der Waals surface area contributed by atoms with Crippen molar-refractivity contribution < 1.29 is 27.8 Å². The number of hydrogen-bond acceptors (Lipinski definition) is 2. The molecular formula is C5H7F3O3. The minimum atomic E-state index is -4.75. The van der Waals surface area contributed by atoms with Gasteiger partial charge in [-0.1, -0.05) is 0 Å². The lowest BCUT2D eigenvalue weighted by Crippen LogP contribution is -2.22. The van der Waals surface area contributed by atoms with Crippen molar-refractivity contribution in [1.29, 1.82) is 0 Å². The molecule has 0 rings (SSSR count). The molecule has 11 heavy (non-hydrogen) atoms. The van der Waals surface area contributed by atoms with Gasteiger partial charge >= 0.3 is 12.3 Å². The van der Waals surface area contributed by atoms with Crippen LogP contribution in [0.5, 0.6) is 0 Å². The Morgan fingerprint density at radius 1 is 1.64 bits per heavy atom. The molecule has 0 aliphatic rings. The molecule has 0 saturated heterocycles. The van der Waals surface area contributed by atoms with Gasteiger partial charge < -0.3 is 5.11 Å². The molecule has 0 saturated carbocycles. The van der Waals surface area contributed by atoms with Crippen molar-refractivity contribution in [3.63, 3.8) is 0 Å². The molecule has 0 aliphatic carbocycles. The zero-order valence-corrected chi connectivity index (χ0v) is 5.68. The molecule has 0 aromatic heterocycles. The zero-order chi connectivity index (χ0) is 9.07. The highest BCUT2D eigenvalue weighted by Gasteiger charge is 2.30. The zero-order valence-electron chi connectivity index (χ0n) is 5.68. The third-order valence-corrected chi connectivity index (χ3v) is 0.919. The van der Waals surface area contributed by atoms with Crippen LogP contribution in [0.3, 0.4) is 0 Å². The standard InChI is InChI=1S/C5H7F3O3/c1-3(4(9)10)2-11-5(6,7)8/h3H,2H2,1H3,(H,9,10). The molecule has 0 radical (unpaired) electrons. The van der Waals surface area contributed by atoms with Crippen molar-refractivity contribution in [2.45, 2.75) is 13.3 Å². The minimum Gasteiger partial charge on any atom is -0.481 e. The highest BCUT2D eigenvalue weighted by molar-refractivity contribution is 5.69. The summed E-state index contributed by atoms with van der Waals surface area (Å²) in [6, 6.07) is 0. The van der Waals surface area contributed by atoms with Gasteiger partial charge in [-0.05, 0) is 6.92 Å². The molecular weight excluding hydrogens is 165 g/mol. The monoisotopic (exact) mass is 172 g/mol. The average Bonchev–Trinajstić information content (AvgIpc) is 1.80. The molecule has 0 bridgehead atoms. The van der Waals surface area contributed by atoms with E-state index in [-0.39, 0.29) is 0 Å². The Balaban J connectivity index is 3.63. The summed E-state index contributed by atoms with van der Waals surface area (Å²) in [6.07, 6.45) is -4.75. The van der Waals surface area contributed by atoms with E-state index in [2.05, 4.69) is 4.74 Å². The predicted molar refractivity (Wildman–Crippen MR) is 28.8 cm³/mol. The van der Waals surface area contributed by atoms with Gasteiger partial charge in [-0.3, -0.25) is 9.53 Å². The first-order valence-corrected chi connectivity index (χ1v) is 2.76. The Kier molecular flexibility index (Phi) is 3.31. The average molecular weight is 172 g/mol. The van der Waals surface area contributed by atoms with E-state index in [0.29, 0.717) is 0 Å². The summed E-state index contributed by atoms with van der Waals surface area (Å²) in [6.45, 7) is 0.285. The number of carboxylic acids is 1. The Labute approximate surface area is 60.8 Å². The Morgan fingerprint density at radius 2 is 2.09 bits per heavy atom. The molecule has 66 valence electrons. The third kappa shape index (κ3) is 5.65. The normalized spacial score (nSPS) is 14.5. The van der Waals surface area contributed by atoms with E-state index in [1.54, 1.807) is 0 Å². The lowest BCUT2D eigenvalue weighted by Gasteiger charge is -2.09. The van der Waals surface area contributed by atoms with Crippen molar-refractivity contribution in [3.8, 4) is 0 Å². The van der Waals surface area contributed by atoms with Crippen molar-refractivity contribution in [3.05, 3.63) is 0 Å². The third-order valence-electron chi connectivity index (χ3n) is 0.919.